The summed E-state index contributed by atoms with van der Waals surface area (Å²) in [5.74, 6) is 2.57. The van der Waals surface area contributed by atoms with E-state index < -0.39 is 0 Å². The van der Waals surface area contributed by atoms with Crippen molar-refractivity contribution in [2.24, 2.45) is 5.73 Å². The van der Waals surface area contributed by atoms with Crippen LogP contribution in [-0.4, -0.2) is 33.1 Å². The van der Waals surface area contributed by atoms with Gasteiger partial charge >= 0.3 is 5.97 Å². The molecule has 0 bridgehead atoms. The summed E-state index contributed by atoms with van der Waals surface area (Å²) in [6, 6.07) is 11.5. The molecule has 206 valence electrons. The van der Waals surface area contributed by atoms with Crippen LogP contribution >= 0.6 is 0 Å². The first kappa shape index (κ1) is 29.0. The first-order chi connectivity index (χ1) is 18.5. The van der Waals surface area contributed by atoms with E-state index in [0.29, 0.717) is 30.2 Å². The Balaban J connectivity index is 1.30. The van der Waals surface area contributed by atoms with Gasteiger partial charge < -0.3 is 29.4 Å². The first-order valence-electron chi connectivity index (χ1n) is 13.5. The molecule has 0 saturated heterocycles. The van der Waals surface area contributed by atoms with E-state index in [1.807, 2.05) is 42.5 Å². The van der Waals surface area contributed by atoms with Crippen LogP contribution in [0.25, 0.3) is 11.8 Å². The molecule has 2 aromatic rings. The van der Waals surface area contributed by atoms with Crippen molar-refractivity contribution in [2.45, 2.75) is 64.7 Å². The zero-order chi connectivity index (χ0) is 27.2. The van der Waals surface area contributed by atoms with Crippen LogP contribution in [-0.2, 0) is 9.53 Å². The van der Waals surface area contributed by atoms with Crippen LogP contribution in [0.5, 0.6) is 23.0 Å². The average molecular weight is 524 g/mol. The Morgan fingerprint density at radius 1 is 0.895 bits per heavy atom. The summed E-state index contributed by atoms with van der Waals surface area (Å²) in [6.45, 7) is 6.64. The highest BCUT2D eigenvalue weighted by Crippen LogP contribution is 2.34. The number of nitrogens with two attached hydrogens (primary N) is 1. The van der Waals surface area contributed by atoms with Gasteiger partial charge in [0, 0.05) is 16.8 Å². The van der Waals surface area contributed by atoms with Crippen LogP contribution in [0.3, 0.4) is 0 Å². The third-order valence-corrected chi connectivity index (χ3v) is 6.34. The van der Waals surface area contributed by atoms with E-state index in [-0.39, 0.29) is 12.8 Å². The molecule has 0 aliphatic carbocycles. The number of fused-ring (bicyclic) bond motifs is 1. The number of ether oxygens (including phenoxy) is 5. The highest BCUT2D eigenvalue weighted by molar-refractivity contribution is 5.86. The summed E-state index contributed by atoms with van der Waals surface area (Å²) in [7, 11) is 1.64. The monoisotopic (exact) mass is 523 g/mol. The highest BCUT2D eigenvalue weighted by Gasteiger charge is 2.13. The molecule has 0 fully saturated rings. The van der Waals surface area contributed by atoms with Gasteiger partial charge in [-0.15, -0.1) is 0 Å². The molecule has 0 aromatic heterocycles. The molecule has 0 amide bonds. The molecule has 0 radical (unpaired) electrons. The van der Waals surface area contributed by atoms with Crippen molar-refractivity contribution in [3.63, 3.8) is 0 Å². The van der Waals surface area contributed by atoms with Crippen LogP contribution in [0.15, 0.2) is 48.6 Å². The molecule has 2 aromatic carbocycles. The van der Waals surface area contributed by atoms with Gasteiger partial charge in [-0.3, -0.25) is 0 Å². The molecule has 3 rings (SSSR count). The minimum atomic E-state index is -0.292. The van der Waals surface area contributed by atoms with E-state index in [1.165, 1.54) is 32.1 Å². The van der Waals surface area contributed by atoms with Crippen molar-refractivity contribution in [1.82, 2.24) is 0 Å². The van der Waals surface area contributed by atoms with E-state index in [9.17, 15) is 4.79 Å². The van der Waals surface area contributed by atoms with Gasteiger partial charge in [-0.1, -0.05) is 57.6 Å². The smallest absolute Gasteiger partial charge is 0.333 e. The standard InChI is InChI=1S/C31H41NO6/c1-23(2)31(33)36-18-12-10-8-6-4-5-7-9-11-17-35-27-16-14-25(21-29(27)34-3)26(32)19-24-13-15-28-30(20-24)38-22-37-28/h13-16,19-21H,1,4-12,17-18,22,32H2,2-3H3/b26-19-. The lowest BCUT2D eigenvalue weighted by molar-refractivity contribution is -0.139. The number of hydrogen-bond donors (Lipinski definition) is 1. The summed E-state index contributed by atoms with van der Waals surface area (Å²) in [4.78, 5) is 11.3. The van der Waals surface area contributed by atoms with Gasteiger partial charge in [-0.25, -0.2) is 4.79 Å². The minimum Gasteiger partial charge on any atom is -0.493 e. The van der Waals surface area contributed by atoms with Gasteiger partial charge in [0.15, 0.2) is 23.0 Å². The Morgan fingerprint density at radius 3 is 2.24 bits per heavy atom. The number of carbonyl (C=O) groups is 1. The third kappa shape index (κ3) is 9.36. The van der Waals surface area contributed by atoms with Crippen molar-refractivity contribution in [3.8, 4) is 23.0 Å². The SMILES string of the molecule is C=C(C)C(=O)OCCCCCCCCCCCOc1ccc(/C(N)=C/c2ccc3c(c2)OCO3)cc1OC. The predicted octanol–water partition coefficient (Wildman–Crippen LogP) is 6.89. The predicted molar refractivity (Wildman–Crippen MR) is 150 cm³/mol. The maximum absolute atomic E-state index is 11.3. The van der Waals surface area contributed by atoms with E-state index in [4.69, 9.17) is 29.4 Å². The molecule has 0 atom stereocenters. The number of methoxy groups -OCH3 is 1. The second-order valence-electron chi connectivity index (χ2n) is 9.52. The average Bonchev–Trinajstić information content (AvgIpc) is 3.39. The molecular weight excluding hydrogens is 482 g/mol. The lowest BCUT2D eigenvalue weighted by Crippen LogP contribution is -2.05. The van der Waals surface area contributed by atoms with E-state index >= 15 is 0 Å². The largest absolute Gasteiger partial charge is 0.493 e. The Morgan fingerprint density at radius 2 is 1.55 bits per heavy atom. The summed E-state index contributed by atoms with van der Waals surface area (Å²) in [6.07, 6.45) is 12.1. The molecule has 1 aliphatic rings. The van der Waals surface area contributed by atoms with E-state index in [2.05, 4.69) is 6.58 Å². The lowest BCUT2D eigenvalue weighted by atomic mass is 10.1. The molecule has 1 heterocycles. The molecule has 0 spiro atoms. The zero-order valence-electron chi connectivity index (χ0n) is 22.8. The van der Waals surface area contributed by atoms with E-state index in [0.717, 1.165) is 54.1 Å². The number of benzene rings is 2. The van der Waals surface area contributed by atoms with Crippen molar-refractivity contribution >= 4 is 17.7 Å². The molecular formula is C31H41NO6. The van der Waals surface area contributed by atoms with Crippen LogP contribution in [0, 0.1) is 0 Å². The van der Waals surface area contributed by atoms with Crippen molar-refractivity contribution in [3.05, 3.63) is 59.7 Å². The second kappa shape index (κ2) is 15.6. The molecule has 0 saturated carbocycles. The van der Waals surface area contributed by atoms with Crippen molar-refractivity contribution < 1.29 is 28.5 Å². The number of rotatable bonds is 17. The molecule has 38 heavy (non-hydrogen) atoms. The van der Waals surface area contributed by atoms with Gasteiger partial charge in [-0.2, -0.15) is 0 Å². The topological polar surface area (TPSA) is 89.2 Å². The fourth-order valence-corrected chi connectivity index (χ4v) is 4.14. The number of hydrogen-bond acceptors (Lipinski definition) is 7. The molecule has 7 heteroatoms. The summed E-state index contributed by atoms with van der Waals surface area (Å²) >= 11 is 0. The number of esters is 1. The normalized spacial score (nSPS) is 12.3. The fraction of sp³-hybridized carbons (Fsp3) is 0.452. The summed E-state index contributed by atoms with van der Waals surface area (Å²) in [5.41, 5.74) is 9.24. The maximum Gasteiger partial charge on any atom is 0.333 e. The van der Waals surface area contributed by atoms with Crippen molar-refractivity contribution in [2.75, 3.05) is 27.1 Å². The summed E-state index contributed by atoms with van der Waals surface area (Å²) < 4.78 is 27.5. The Bertz CT molecular complexity index is 1090. The van der Waals surface area contributed by atoms with Gasteiger partial charge in [0.25, 0.3) is 0 Å². The van der Waals surface area contributed by atoms with Crippen LogP contribution < -0.4 is 24.7 Å². The quantitative estimate of drug-likeness (QED) is 0.104. The highest BCUT2D eigenvalue weighted by atomic mass is 16.7. The minimum absolute atomic E-state index is 0.246. The molecule has 2 N–H and O–H groups in total. The van der Waals surface area contributed by atoms with Crippen molar-refractivity contribution in [1.29, 1.82) is 0 Å². The number of unbranched alkanes of at least 4 members (excludes halogenated alkanes) is 8. The second-order valence-corrected chi connectivity index (χ2v) is 9.52. The van der Waals surface area contributed by atoms with Crippen LogP contribution in [0.1, 0.15) is 75.8 Å². The van der Waals surface area contributed by atoms with Gasteiger partial charge in [0.05, 0.1) is 20.3 Å². The van der Waals surface area contributed by atoms with Crippen LogP contribution in [0.4, 0.5) is 0 Å². The Labute approximate surface area is 226 Å². The Kier molecular flexibility index (Phi) is 11.9. The Hall–Kier alpha value is -3.61. The van der Waals surface area contributed by atoms with Gasteiger partial charge in [0.2, 0.25) is 6.79 Å². The zero-order valence-corrected chi connectivity index (χ0v) is 22.8. The lowest BCUT2D eigenvalue weighted by Gasteiger charge is -2.12. The fourth-order valence-electron chi connectivity index (χ4n) is 4.14. The van der Waals surface area contributed by atoms with E-state index in [1.54, 1.807) is 14.0 Å². The third-order valence-electron chi connectivity index (χ3n) is 6.34. The maximum atomic E-state index is 11.3. The molecule has 1 aliphatic heterocycles. The van der Waals surface area contributed by atoms with Crippen LogP contribution in [0.2, 0.25) is 0 Å². The first-order valence-corrected chi connectivity index (χ1v) is 13.5. The summed E-state index contributed by atoms with van der Waals surface area (Å²) in [5, 5.41) is 0. The van der Waals surface area contributed by atoms with Gasteiger partial charge in [0.1, 0.15) is 0 Å². The molecule has 7 nitrogen and oxygen atoms in total. The van der Waals surface area contributed by atoms with Gasteiger partial charge in [-0.05, 0) is 61.7 Å². The molecule has 0 unspecified atom stereocenters. The number of carbonyl (C=O) groups excluding carboxylic acids is 1.